The smallest absolute Gasteiger partial charge is 0.236 e. The van der Waals surface area contributed by atoms with Crippen molar-refractivity contribution in [1.29, 1.82) is 0 Å². The zero-order valence-electron chi connectivity index (χ0n) is 12.4. The molecule has 1 unspecified atom stereocenters. The molecule has 6 heteroatoms. The molecule has 0 aromatic heterocycles. The average Bonchev–Trinajstić information content (AvgIpc) is 2.44. The third-order valence-corrected chi connectivity index (χ3v) is 4.41. The summed E-state index contributed by atoms with van der Waals surface area (Å²) in [5.74, 6) is -0.0837. The molecule has 1 aliphatic rings. The Balaban J connectivity index is 2.80. The normalized spacial score (nSPS) is 22.0. The van der Waals surface area contributed by atoms with Crippen LogP contribution in [0.3, 0.4) is 0 Å². The van der Waals surface area contributed by atoms with E-state index in [1.165, 1.54) is 0 Å². The highest BCUT2D eigenvalue weighted by Gasteiger charge is 2.40. The first-order valence-corrected chi connectivity index (χ1v) is 6.80. The molecule has 6 nitrogen and oxygen atoms in total. The summed E-state index contributed by atoms with van der Waals surface area (Å²) < 4.78 is 0. The molecular weight excluding hydrogens is 244 g/mol. The van der Waals surface area contributed by atoms with Gasteiger partial charge in [-0.3, -0.25) is 4.79 Å². The number of carbonyl (C=O) groups is 1. The Bertz CT molecular complexity index is 351. The molecule has 1 heterocycles. The molecule has 1 aliphatic heterocycles. The predicted molar refractivity (Wildman–Crippen MR) is 75.1 cm³/mol. The number of piperidine rings is 1. The Labute approximate surface area is 115 Å². The molecule has 0 aromatic rings. The van der Waals surface area contributed by atoms with Gasteiger partial charge in [-0.1, -0.05) is 12.1 Å². The van der Waals surface area contributed by atoms with E-state index in [-0.39, 0.29) is 17.8 Å². The maximum absolute atomic E-state index is 12.6. The molecule has 19 heavy (non-hydrogen) atoms. The van der Waals surface area contributed by atoms with Gasteiger partial charge in [0.15, 0.2) is 5.84 Å². The van der Waals surface area contributed by atoms with Crippen LogP contribution in [0.25, 0.3) is 0 Å². The second-order valence-corrected chi connectivity index (χ2v) is 5.62. The summed E-state index contributed by atoms with van der Waals surface area (Å²) in [4.78, 5) is 16.7. The molecule has 0 bridgehead atoms. The topological polar surface area (TPSA) is 82.2 Å². The summed E-state index contributed by atoms with van der Waals surface area (Å²) in [6.07, 6.45) is 2.45. The van der Waals surface area contributed by atoms with Crippen LogP contribution in [0.15, 0.2) is 5.16 Å². The second-order valence-electron chi connectivity index (χ2n) is 5.62. The largest absolute Gasteiger partial charge is 0.409 e. The fraction of sp³-hybridized carbons (Fsp3) is 0.846. The van der Waals surface area contributed by atoms with Gasteiger partial charge in [0, 0.05) is 13.1 Å². The summed E-state index contributed by atoms with van der Waals surface area (Å²) in [5, 5.41) is 11.9. The molecule has 1 amide bonds. The lowest BCUT2D eigenvalue weighted by molar-refractivity contribution is -0.139. The number of amides is 1. The molecule has 1 saturated heterocycles. The number of rotatable bonds is 4. The van der Waals surface area contributed by atoms with E-state index in [1.54, 1.807) is 11.8 Å². The lowest BCUT2D eigenvalue weighted by Crippen LogP contribution is -2.53. The Hall–Kier alpha value is -1.30. The maximum Gasteiger partial charge on any atom is 0.236 e. The van der Waals surface area contributed by atoms with E-state index in [0.29, 0.717) is 6.42 Å². The molecular formula is C13H26N4O2. The van der Waals surface area contributed by atoms with E-state index in [9.17, 15) is 4.79 Å². The predicted octanol–water partition coefficient (Wildman–Crippen LogP) is 0.702. The summed E-state index contributed by atoms with van der Waals surface area (Å²) in [7, 11) is 3.90. The quantitative estimate of drug-likeness (QED) is 0.341. The number of likely N-dealkylation sites (tertiary alicyclic amines) is 1. The van der Waals surface area contributed by atoms with Gasteiger partial charge in [0.05, 0.1) is 0 Å². The SMILES string of the molecule is CCC(C)(C(=O)N(C)C1CCN(C)CC1)C(N)=NO. The van der Waals surface area contributed by atoms with Gasteiger partial charge in [0.2, 0.25) is 5.91 Å². The van der Waals surface area contributed by atoms with Gasteiger partial charge in [0.25, 0.3) is 0 Å². The van der Waals surface area contributed by atoms with Gasteiger partial charge in [-0.05, 0) is 46.3 Å². The molecule has 0 saturated carbocycles. The van der Waals surface area contributed by atoms with Crippen LogP contribution in [0.1, 0.15) is 33.1 Å². The maximum atomic E-state index is 12.6. The van der Waals surface area contributed by atoms with Crippen LogP contribution in [-0.4, -0.2) is 60.0 Å². The van der Waals surface area contributed by atoms with Gasteiger partial charge in [-0.25, -0.2) is 0 Å². The number of nitrogens with zero attached hydrogens (tertiary/aromatic N) is 3. The van der Waals surface area contributed by atoms with Crippen molar-refractivity contribution in [3.05, 3.63) is 0 Å². The van der Waals surface area contributed by atoms with Crippen molar-refractivity contribution in [2.75, 3.05) is 27.2 Å². The fourth-order valence-corrected chi connectivity index (χ4v) is 2.49. The van der Waals surface area contributed by atoms with Crippen molar-refractivity contribution in [3.63, 3.8) is 0 Å². The van der Waals surface area contributed by atoms with E-state index >= 15 is 0 Å². The van der Waals surface area contributed by atoms with Crippen LogP contribution in [0.4, 0.5) is 0 Å². The van der Waals surface area contributed by atoms with E-state index in [1.807, 2.05) is 14.0 Å². The first-order valence-electron chi connectivity index (χ1n) is 6.80. The molecule has 0 aliphatic carbocycles. The zero-order chi connectivity index (χ0) is 14.6. The molecule has 0 spiro atoms. The molecule has 1 atom stereocenters. The van der Waals surface area contributed by atoms with Crippen molar-refractivity contribution >= 4 is 11.7 Å². The Kier molecular flexibility index (Phi) is 5.17. The van der Waals surface area contributed by atoms with Crippen molar-refractivity contribution in [2.24, 2.45) is 16.3 Å². The summed E-state index contributed by atoms with van der Waals surface area (Å²) in [6.45, 7) is 5.59. The molecule has 1 fully saturated rings. The van der Waals surface area contributed by atoms with Crippen molar-refractivity contribution in [1.82, 2.24) is 9.80 Å². The zero-order valence-corrected chi connectivity index (χ0v) is 12.4. The van der Waals surface area contributed by atoms with E-state index < -0.39 is 5.41 Å². The Morgan fingerprint density at radius 2 is 2.05 bits per heavy atom. The van der Waals surface area contributed by atoms with Crippen LogP contribution in [0.2, 0.25) is 0 Å². The molecule has 110 valence electrons. The van der Waals surface area contributed by atoms with Crippen LogP contribution in [0, 0.1) is 5.41 Å². The van der Waals surface area contributed by atoms with Crippen molar-refractivity contribution < 1.29 is 10.0 Å². The minimum atomic E-state index is -0.924. The average molecular weight is 270 g/mol. The Morgan fingerprint density at radius 1 is 1.53 bits per heavy atom. The number of carbonyl (C=O) groups excluding carboxylic acids is 1. The molecule has 3 N–H and O–H groups in total. The fourth-order valence-electron chi connectivity index (χ4n) is 2.49. The van der Waals surface area contributed by atoms with Gasteiger partial charge < -0.3 is 20.7 Å². The highest BCUT2D eigenvalue weighted by molar-refractivity contribution is 6.06. The third-order valence-electron chi connectivity index (χ3n) is 4.41. The minimum absolute atomic E-state index is 0.0141. The van der Waals surface area contributed by atoms with Crippen molar-refractivity contribution in [3.8, 4) is 0 Å². The van der Waals surface area contributed by atoms with Gasteiger partial charge >= 0.3 is 0 Å². The van der Waals surface area contributed by atoms with Gasteiger partial charge in [-0.2, -0.15) is 0 Å². The second kappa shape index (κ2) is 6.23. The lowest BCUT2D eigenvalue weighted by Gasteiger charge is -2.39. The molecule has 0 radical (unpaired) electrons. The highest BCUT2D eigenvalue weighted by atomic mass is 16.4. The number of oxime groups is 1. The molecule has 0 aromatic carbocycles. The standard InChI is InChI=1S/C13H26N4O2/c1-5-13(2,11(14)15-19)12(18)17(4)10-6-8-16(3)9-7-10/h10,19H,5-9H2,1-4H3,(H2,14,15). The van der Waals surface area contributed by atoms with Crippen LogP contribution >= 0.6 is 0 Å². The van der Waals surface area contributed by atoms with Crippen LogP contribution in [0.5, 0.6) is 0 Å². The monoisotopic (exact) mass is 270 g/mol. The molecule has 1 rings (SSSR count). The lowest BCUT2D eigenvalue weighted by atomic mass is 9.84. The van der Waals surface area contributed by atoms with Gasteiger partial charge in [-0.15, -0.1) is 0 Å². The van der Waals surface area contributed by atoms with E-state index in [4.69, 9.17) is 10.9 Å². The Morgan fingerprint density at radius 3 is 2.47 bits per heavy atom. The third kappa shape index (κ3) is 3.18. The van der Waals surface area contributed by atoms with Crippen molar-refractivity contribution in [2.45, 2.75) is 39.2 Å². The first kappa shape index (κ1) is 15.8. The number of amidine groups is 1. The first-order chi connectivity index (χ1) is 8.86. The highest BCUT2D eigenvalue weighted by Crippen LogP contribution is 2.27. The van der Waals surface area contributed by atoms with E-state index in [0.717, 1.165) is 25.9 Å². The summed E-state index contributed by atoms with van der Waals surface area (Å²) >= 11 is 0. The van der Waals surface area contributed by atoms with Crippen LogP contribution in [-0.2, 0) is 4.79 Å². The number of hydrogen-bond donors (Lipinski definition) is 2. The summed E-state index contributed by atoms with van der Waals surface area (Å²) in [6, 6.07) is 0.237. The summed E-state index contributed by atoms with van der Waals surface area (Å²) in [5.41, 5.74) is 4.77. The number of nitrogens with two attached hydrogens (primary N) is 1. The van der Waals surface area contributed by atoms with E-state index in [2.05, 4.69) is 17.1 Å². The van der Waals surface area contributed by atoms with Gasteiger partial charge in [0.1, 0.15) is 5.41 Å². The van der Waals surface area contributed by atoms with Crippen LogP contribution < -0.4 is 5.73 Å². The minimum Gasteiger partial charge on any atom is -0.409 e. The number of hydrogen-bond acceptors (Lipinski definition) is 4.